The Hall–Kier alpha value is -3.46. The van der Waals surface area contributed by atoms with Gasteiger partial charge in [-0.2, -0.15) is 0 Å². The fourth-order valence-corrected chi connectivity index (χ4v) is 4.08. The van der Waals surface area contributed by atoms with Crippen molar-refractivity contribution >= 4 is 29.2 Å². The van der Waals surface area contributed by atoms with Gasteiger partial charge in [-0.1, -0.05) is 24.3 Å². The summed E-state index contributed by atoms with van der Waals surface area (Å²) in [6, 6.07) is 14.1. The zero-order valence-corrected chi connectivity index (χ0v) is 17.9. The molecule has 0 radical (unpaired) electrons. The molecule has 3 heterocycles. The molecule has 3 amide bonds. The topological polar surface area (TPSA) is 97.9 Å². The number of hydrogen-bond acceptors (Lipinski definition) is 6. The highest BCUT2D eigenvalue weighted by molar-refractivity contribution is 5.97. The maximum absolute atomic E-state index is 13.1. The van der Waals surface area contributed by atoms with Crippen LogP contribution in [-0.2, 0) is 14.4 Å². The Morgan fingerprint density at radius 2 is 1.75 bits per heavy atom. The lowest BCUT2D eigenvalue weighted by molar-refractivity contribution is -0.145. The molecule has 2 fully saturated rings. The van der Waals surface area contributed by atoms with Crippen LogP contribution in [0.4, 0.5) is 11.5 Å². The van der Waals surface area contributed by atoms with Crippen molar-refractivity contribution in [1.82, 2.24) is 20.1 Å². The van der Waals surface area contributed by atoms with Crippen molar-refractivity contribution in [3.63, 3.8) is 0 Å². The predicted octanol–water partition coefficient (Wildman–Crippen LogP) is 0.559. The van der Waals surface area contributed by atoms with Crippen LogP contribution in [0.15, 0.2) is 54.7 Å². The van der Waals surface area contributed by atoms with Gasteiger partial charge in [-0.25, -0.2) is 4.98 Å². The highest BCUT2D eigenvalue weighted by Gasteiger charge is 2.35. The summed E-state index contributed by atoms with van der Waals surface area (Å²) >= 11 is 0. The minimum atomic E-state index is -0.797. The van der Waals surface area contributed by atoms with E-state index in [2.05, 4.69) is 25.4 Å². The maximum atomic E-state index is 13.1. The number of pyridine rings is 1. The van der Waals surface area contributed by atoms with Gasteiger partial charge < -0.3 is 20.4 Å². The first-order chi connectivity index (χ1) is 15.6. The van der Waals surface area contributed by atoms with Gasteiger partial charge in [-0.05, 0) is 24.3 Å². The molecule has 0 spiro atoms. The van der Waals surface area contributed by atoms with Gasteiger partial charge >= 0.3 is 0 Å². The number of para-hydroxylation sites is 1. The van der Waals surface area contributed by atoms with Crippen molar-refractivity contribution in [2.45, 2.75) is 12.5 Å². The van der Waals surface area contributed by atoms with Gasteiger partial charge in [0.15, 0.2) is 0 Å². The van der Waals surface area contributed by atoms with Crippen molar-refractivity contribution in [1.29, 1.82) is 0 Å². The average Bonchev–Trinajstić information content (AvgIpc) is 2.82. The molecular formula is C23H28N6O3. The molecular weight excluding hydrogens is 408 g/mol. The molecule has 0 unspecified atom stereocenters. The average molecular weight is 437 g/mol. The zero-order valence-electron chi connectivity index (χ0n) is 17.9. The number of nitrogens with one attached hydrogen (secondary N) is 2. The number of benzene rings is 1. The molecule has 1 aromatic heterocycles. The predicted molar refractivity (Wildman–Crippen MR) is 121 cm³/mol. The molecule has 32 heavy (non-hydrogen) atoms. The molecule has 2 aliphatic rings. The van der Waals surface area contributed by atoms with Crippen LogP contribution in [-0.4, -0.2) is 84.4 Å². The van der Waals surface area contributed by atoms with Gasteiger partial charge in [0.1, 0.15) is 11.9 Å². The molecule has 1 atom stereocenters. The number of carbonyl (C=O) groups is 3. The monoisotopic (exact) mass is 436 g/mol. The fraction of sp³-hybridized carbons (Fsp3) is 0.391. The maximum Gasteiger partial charge on any atom is 0.243 e. The first-order valence-electron chi connectivity index (χ1n) is 10.9. The number of hydrogen-bond donors (Lipinski definition) is 2. The largest absolute Gasteiger partial charge is 0.354 e. The van der Waals surface area contributed by atoms with E-state index >= 15 is 0 Å². The third-order valence-electron chi connectivity index (χ3n) is 5.79. The van der Waals surface area contributed by atoms with E-state index in [0.29, 0.717) is 18.8 Å². The van der Waals surface area contributed by atoms with Gasteiger partial charge in [0.25, 0.3) is 0 Å². The van der Waals surface area contributed by atoms with Crippen molar-refractivity contribution in [2.24, 2.45) is 0 Å². The van der Waals surface area contributed by atoms with Crippen LogP contribution in [0.2, 0.25) is 0 Å². The Morgan fingerprint density at radius 1 is 1.00 bits per heavy atom. The van der Waals surface area contributed by atoms with Gasteiger partial charge in [0.2, 0.25) is 17.7 Å². The minimum Gasteiger partial charge on any atom is -0.354 e. The summed E-state index contributed by atoms with van der Waals surface area (Å²) in [5, 5.41) is 5.57. The smallest absolute Gasteiger partial charge is 0.243 e. The summed E-state index contributed by atoms with van der Waals surface area (Å²) in [6.45, 7) is 4.08. The van der Waals surface area contributed by atoms with Gasteiger partial charge in [0, 0.05) is 51.2 Å². The second-order valence-electron chi connectivity index (χ2n) is 7.96. The van der Waals surface area contributed by atoms with Crippen LogP contribution in [0.25, 0.3) is 0 Å². The third kappa shape index (κ3) is 5.42. The zero-order chi connectivity index (χ0) is 22.3. The first kappa shape index (κ1) is 21.8. The SMILES string of the molecule is O=C(C[C@@H]1C(=O)NCCN1C(=O)CN1CCN(c2ccccn2)CC1)Nc1ccccc1. The fourth-order valence-electron chi connectivity index (χ4n) is 4.08. The van der Waals surface area contributed by atoms with E-state index in [4.69, 9.17) is 0 Å². The lowest BCUT2D eigenvalue weighted by Gasteiger charge is -2.38. The molecule has 1 aromatic carbocycles. The van der Waals surface area contributed by atoms with Gasteiger partial charge in [-0.15, -0.1) is 0 Å². The van der Waals surface area contributed by atoms with E-state index in [0.717, 1.165) is 32.0 Å². The van der Waals surface area contributed by atoms with Crippen molar-refractivity contribution in [3.8, 4) is 0 Å². The molecule has 2 aliphatic heterocycles. The summed E-state index contributed by atoms with van der Waals surface area (Å²) in [7, 11) is 0. The Bertz CT molecular complexity index is 931. The number of anilines is 2. The normalized spacial score (nSPS) is 19.4. The van der Waals surface area contributed by atoms with Crippen LogP contribution in [0.5, 0.6) is 0 Å². The first-order valence-corrected chi connectivity index (χ1v) is 10.9. The van der Waals surface area contributed by atoms with E-state index in [1.807, 2.05) is 36.4 Å². The molecule has 4 rings (SSSR count). The second kappa shape index (κ2) is 10.2. The van der Waals surface area contributed by atoms with E-state index in [9.17, 15) is 14.4 Å². The van der Waals surface area contributed by atoms with Crippen molar-refractivity contribution in [3.05, 3.63) is 54.7 Å². The van der Waals surface area contributed by atoms with Crippen molar-refractivity contribution in [2.75, 3.05) is 56.0 Å². The Kier molecular flexibility index (Phi) is 6.96. The quantitative estimate of drug-likeness (QED) is 0.687. The van der Waals surface area contributed by atoms with E-state index < -0.39 is 6.04 Å². The number of amides is 3. The molecule has 0 aliphatic carbocycles. The van der Waals surface area contributed by atoms with Crippen LogP contribution >= 0.6 is 0 Å². The van der Waals surface area contributed by atoms with Crippen LogP contribution < -0.4 is 15.5 Å². The molecule has 9 nitrogen and oxygen atoms in total. The molecule has 0 bridgehead atoms. The van der Waals surface area contributed by atoms with E-state index in [-0.39, 0.29) is 30.7 Å². The van der Waals surface area contributed by atoms with E-state index in [1.54, 1.807) is 23.2 Å². The summed E-state index contributed by atoms with van der Waals surface area (Å²) in [5.41, 5.74) is 0.664. The van der Waals surface area contributed by atoms with Crippen LogP contribution in [0.1, 0.15) is 6.42 Å². The number of piperazine rings is 2. The number of carbonyl (C=O) groups excluding carboxylic acids is 3. The summed E-state index contributed by atoms with van der Waals surface area (Å²) in [4.78, 5) is 48.3. The molecule has 0 saturated carbocycles. The van der Waals surface area contributed by atoms with Gasteiger partial charge in [-0.3, -0.25) is 19.3 Å². The van der Waals surface area contributed by atoms with Gasteiger partial charge in [0.05, 0.1) is 13.0 Å². The molecule has 2 N–H and O–H groups in total. The highest BCUT2D eigenvalue weighted by Crippen LogP contribution is 2.15. The molecule has 168 valence electrons. The number of rotatable bonds is 6. The third-order valence-corrected chi connectivity index (χ3v) is 5.79. The number of nitrogens with zero attached hydrogens (tertiary/aromatic N) is 4. The Morgan fingerprint density at radius 3 is 2.47 bits per heavy atom. The summed E-state index contributed by atoms with van der Waals surface area (Å²) in [6.07, 6.45) is 1.71. The van der Waals surface area contributed by atoms with Crippen LogP contribution in [0.3, 0.4) is 0 Å². The number of aromatic nitrogens is 1. The summed E-state index contributed by atoms with van der Waals surface area (Å²) in [5.74, 6) is 0.243. The lowest BCUT2D eigenvalue weighted by Crippen LogP contribution is -2.60. The van der Waals surface area contributed by atoms with Crippen LogP contribution in [0, 0.1) is 0 Å². The highest BCUT2D eigenvalue weighted by atomic mass is 16.2. The Balaban J connectivity index is 1.32. The van der Waals surface area contributed by atoms with Crippen molar-refractivity contribution < 1.29 is 14.4 Å². The second-order valence-corrected chi connectivity index (χ2v) is 7.96. The standard InChI is InChI=1S/C23H28N6O3/c30-21(26-18-6-2-1-3-7-18)16-19-23(32)25-10-11-29(19)22(31)17-27-12-14-28(15-13-27)20-8-4-5-9-24-20/h1-9,19H,10-17H2,(H,25,32)(H,26,30)/t19-/m1/s1. The molecule has 9 heteroatoms. The summed E-state index contributed by atoms with van der Waals surface area (Å²) < 4.78 is 0. The molecule has 2 aromatic rings. The molecule has 2 saturated heterocycles. The lowest BCUT2D eigenvalue weighted by atomic mass is 10.1. The Labute approximate surface area is 187 Å². The van der Waals surface area contributed by atoms with E-state index in [1.165, 1.54) is 0 Å². The minimum absolute atomic E-state index is 0.0695.